The van der Waals surface area contributed by atoms with Gasteiger partial charge >= 0.3 is 0 Å². The molecule has 0 aromatic heterocycles. The Morgan fingerprint density at radius 1 is 0.900 bits per heavy atom. The van der Waals surface area contributed by atoms with Crippen molar-refractivity contribution in [3.8, 4) is 11.5 Å². The number of benzene rings is 2. The molecule has 2 aromatic carbocycles. The lowest BCUT2D eigenvalue weighted by molar-refractivity contribution is 0.460. The molecular weight excluding hydrogens is 244 g/mol. The Balaban J connectivity index is 2.20. The van der Waals surface area contributed by atoms with Crippen LogP contribution in [0.5, 0.6) is 11.5 Å². The van der Waals surface area contributed by atoms with E-state index in [1.165, 1.54) is 24.8 Å². The lowest BCUT2D eigenvalue weighted by Gasteiger charge is -2.19. The maximum absolute atomic E-state index is 6.07. The fourth-order valence-electron chi connectivity index (χ4n) is 2.56. The molecule has 0 bridgehead atoms. The first-order chi connectivity index (χ1) is 9.85. The number of unbranched alkanes of at least 4 members (excludes halogenated alkanes) is 1. The zero-order valence-electron chi connectivity index (χ0n) is 12.5. The Bertz CT molecular complexity index is 504. The molecule has 0 saturated heterocycles. The van der Waals surface area contributed by atoms with Gasteiger partial charge in [-0.25, -0.2) is 0 Å². The van der Waals surface area contributed by atoms with E-state index in [9.17, 15) is 0 Å². The van der Waals surface area contributed by atoms with E-state index in [0.717, 1.165) is 17.9 Å². The van der Waals surface area contributed by atoms with Crippen molar-refractivity contribution in [2.24, 2.45) is 0 Å². The van der Waals surface area contributed by atoms with Gasteiger partial charge in [0.1, 0.15) is 11.5 Å². The average Bonchev–Trinajstić information content (AvgIpc) is 2.50. The molecule has 0 N–H and O–H groups in total. The predicted molar refractivity (Wildman–Crippen MR) is 85.5 cm³/mol. The highest BCUT2D eigenvalue weighted by Gasteiger charge is 2.14. The van der Waals surface area contributed by atoms with E-state index in [1.54, 1.807) is 0 Å². The Labute approximate surface area is 122 Å². The zero-order chi connectivity index (χ0) is 14.2. The first-order valence-electron chi connectivity index (χ1n) is 7.67. The Hall–Kier alpha value is -1.76. The van der Waals surface area contributed by atoms with Crippen molar-refractivity contribution in [3.63, 3.8) is 0 Å². The van der Waals surface area contributed by atoms with E-state index in [4.69, 9.17) is 4.74 Å². The molecule has 0 fully saturated rings. The van der Waals surface area contributed by atoms with Gasteiger partial charge in [-0.15, -0.1) is 0 Å². The van der Waals surface area contributed by atoms with Crippen molar-refractivity contribution < 1.29 is 4.74 Å². The minimum absolute atomic E-state index is 0.592. The molecule has 0 heterocycles. The van der Waals surface area contributed by atoms with Crippen molar-refractivity contribution in [2.75, 3.05) is 0 Å². The van der Waals surface area contributed by atoms with Crippen LogP contribution in [0, 0.1) is 0 Å². The Kier molecular flexibility index (Phi) is 5.67. The average molecular weight is 268 g/mol. The lowest BCUT2D eigenvalue weighted by Crippen LogP contribution is -2.00. The smallest absolute Gasteiger partial charge is 0.130 e. The molecule has 1 nitrogen and oxygen atoms in total. The molecule has 0 aliphatic heterocycles. The summed E-state index contributed by atoms with van der Waals surface area (Å²) in [5, 5.41) is 0. The van der Waals surface area contributed by atoms with Gasteiger partial charge in [-0.1, -0.05) is 63.1 Å². The summed E-state index contributed by atoms with van der Waals surface area (Å²) in [4.78, 5) is 0. The quantitative estimate of drug-likeness (QED) is 0.584. The molecule has 1 unspecified atom stereocenters. The van der Waals surface area contributed by atoms with Crippen LogP contribution < -0.4 is 4.74 Å². The van der Waals surface area contributed by atoms with Crippen LogP contribution in [0.3, 0.4) is 0 Å². The van der Waals surface area contributed by atoms with Crippen LogP contribution >= 0.6 is 0 Å². The van der Waals surface area contributed by atoms with Crippen molar-refractivity contribution in [1.29, 1.82) is 0 Å². The van der Waals surface area contributed by atoms with Gasteiger partial charge in [0, 0.05) is 0 Å². The lowest BCUT2D eigenvalue weighted by atomic mass is 9.90. The van der Waals surface area contributed by atoms with Gasteiger partial charge < -0.3 is 4.74 Å². The summed E-state index contributed by atoms with van der Waals surface area (Å²) in [7, 11) is 0. The van der Waals surface area contributed by atoms with E-state index >= 15 is 0 Å². The fourth-order valence-corrected chi connectivity index (χ4v) is 2.56. The number of ether oxygens (including phenoxy) is 1. The summed E-state index contributed by atoms with van der Waals surface area (Å²) in [6, 6.07) is 18.5. The van der Waals surface area contributed by atoms with Gasteiger partial charge in [0.2, 0.25) is 0 Å². The van der Waals surface area contributed by atoms with Gasteiger partial charge in [-0.3, -0.25) is 0 Å². The predicted octanol–water partition coefficient (Wildman–Crippen LogP) is 6.16. The van der Waals surface area contributed by atoms with Crippen molar-refractivity contribution in [1.82, 2.24) is 0 Å². The van der Waals surface area contributed by atoms with Gasteiger partial charge in [-0.2, -0.15) is 0 Å². The fraction of sp³-hybridized carbons (Fsp3) is 0.368. The first-order valence-corrected chi connectivity index (χ1v) is 7.67. The van der Waals surface area contributed by atoms with Gasteiger partial charge in [0.25, 0.3) is 0 Å². The summed E-state index contributed by atoms with van der Waals surface area (Å²) in [6.07, 6.45) is 4.92. The maximum atomic E-state index is 6.07. The van der Waals surface area contributed by atoms with Crippen LogP contribution in [0.4, 0.5) is 0 Å². The molecule has 2 aromatic rings. The second-order valence-electron chi connectivity index (χ2n) is 5.20. The Morgan fingerprint density at radius 2 is 1.60 bits per heavy atom. The summed E-state index contributed by atoms with van der Waals surface area (Å²) < 4.78 is 6.07. The van der Waals surface area contributed by atoms with Gasteiger partial charge in [0.15, 0.2) is 0 Å². The molecule has 0 aliphatic rings. The van der Waals surface area contributed by atoms with Crippen molar-refractivity contribution >= 4 is 0 Å². The van der Waals surface area contributed by atoms with E-state index in [1.807, 2.05) is 36.4 Å². The minimum Gasteiger partial charge on any atom is -0.457 e. The van der Waals surface area contributed by atoms with Crippen LogP contribution in [0.1, 0.15) is 51.0 Å². The SMILES string of the molecule is CCCCC(CC)c1ccccc1Oc1ccccc1. The molecule has 0 saturated carbocycles. The second-order valence-corrected chi connectivity index (χ2v) is 5.20. The first kappa shape index (κ1) is 14.6. The normalized spacial score (nSPS) is 12.1. The van der Waals surface area contributed by atoms with Crippen molar-refractivity contribution in [3.05, 3.63) is 60.2 Å². The molecule has 0 radical (unpaired) electrons. The molecule has 1 atom stereocenters. The highest BCUT2D eigenvalue weighted by Crippen LogP contribution is 2.34. The third-order valence-corrected chi connectivity index (χ3v) is 3.73. The van der Waals surface area contributed by atoms with E-state index in [2.05, 4.69) is 32.0 Å². The number of hydrogen-bond acceptors (Lipinski definition) is 1. The number of hydrogen-bond donors (Lipinski definition) is 0. The van der Waals surface area contributed by atoms with Crippen LogP contribution in [0.25, 0.3) is 0 Å². The van der Waals surface area contributed by atoms with Gasteiger partial charge in [-0.05, 0) is 42.5 Å². The highest BCUT2D eigenvalue weighted by atomic mass is 16.5. The summed E-state index contributed by atoms with van der Waals surface area (Å²) in [5.74, 6) is 2.50. The molecule has 0 spiro atoms. The molecule has 20 heavy (non-hydrogen) atoms. The molecule has 1 heteroatoms. The van der Waals surface area contributed by atoms with Crippen LogP contribution in [-0.2, 0) is 0 Å². The standard InChI is InChI=1S/C19H24O/c1-3-5-11-16(4-2)18-14-9-10-15-19(18)20-17-12-7-6-8-13-17/h6-10,12-16H,3-5,11H2,1-2H3. The van der Waals surface area contributed by atoms with Gasteiger partial charge in [0.05, 0.1) is 0 Å². The summed E-state index contributed by atoms with van der Waals surface area (Å²) >= 11 is 0. The molecule has 0 amide bonds. The molecule has 106 valence electrons. The molecular formula is C19H24O. The maximum Gasteiger partial charge on any atom is 0.130 e. The van der Waals surface area contributed by atoms with Crippen LogP contribution in [0.2, 0.25) is 0 Å². The second kappa shape index (κ2) is 7.74. The van der Waals surface area contributed by atoms with E-state index < -0.39 is 0 Å². The monoisotopic (exact) mass is 268 g/mol. The van der Waals surface area contributed by atoms with E-state index in [0.29, 0.717) is 5.92 Å². The third-order valence-electron chi connectivity index (χ3n) is 3.73. The minimum atomic E-state index is 0.592. The Morgan fingerprint density at radius 3 is 2.30 bits per heavy atom. The largest absolute Gasteiger partial charge is 0.457 e. The zero-order valence-corrected chi connectivity index (χ0v) is 12.5. The topological polar surface area (TPSA) is 9.23 Å². The molecule has 2 rings (SSSR count). The van der Waals surface area contributed by atoms with Crippen LogP contribution in [-0.4, -0.2) is 0 Å². The third kappa shape index (κ3) is 3.86. The number of rotatable bonds is 7. The van der Waals surface area contributed by atoms with E-state index in [-0.39, 0.29) is 0 Å². The summed E-state index contributed by atoms with van der Waals surface area (Å²) in [6.45, 7) is 4.51. The highest BCUT2D eigenvalue weighted by molar-refractivity contribution is 5.39. The van der Waals surface area contributed by atoms with Crippen LogP contribution in [0.15, 0.2) is 54.6 Å². The number of para-hydroxylation sites is 2. The summed E-state index contributed by atoms with van der Waals surface area (Å²) in [5.41, 5.74) is 1.34. The van der Waals surface area contributed by atoms with Crippen molar-refractivity contribution in [2.45, 2.75) is 45.4 Å². The molecule has 0 aliphatic carbocycles.